The lowest BCUT2D eigenvalue weighted by atomic mass is 10.2. The largest absolute Gasteiger partial charge is 0.324 e. The first-order chi connectivity index (χ1) is 6.31. The van der Waals surface area contributed by atoms with Crippen LogP contribution in [-0.2, 0) is 0 Å². The van der Waals surface area contributed by atoms with Crippen LogP contribution in [-0.4, -0.2) is 9.97 Å². The first-order valence-corrected chi connectivity index (χ1v) is 3.67. The van der Waals surface area contributed by atoms with E-state index in [9.17, 15) is 4.39 Å². The van der Waals surface area contributed by atoms with Gasteiger partial charge in [-0.15, -0.1) is 0 Å². The molecule has 0 aliphatic heterocycles. The lowest BCUT2D eigenvalue weighted by Gasteiger charge is -2.02. The van der Waals surface area contributed by atoms with E-state index >= 15 is 0 Å². The summed E-state index contributed by atoms with van der Waals surface area (Å²) in [5.74, 6) is 4.77. The molecule has 0 spiro atoms. The zero-order valence-corrected chi connectivity index (χ0v) is 6.66. The van der Waals surface area contributed by atoms with Gasteiger partial charge in [0.2, 0.25) is 0 Å². The highest BCUT2D eigenvalue weighted by Crippen LogP contribution is 2.19. The highest BCUT2D eigenvalue weighted by Gasteiger charge is 2.03. The van der Waals surface area contributed by atoms with Gasteiger partial charge in [-0.25, -0.2) is 14.4 Å². The van der Waals surface area contributed by atoms with Gasteiger partial charge in [0.15, 0.2) is 0 Å². The summed E-state index contributed by atoms with van der Waals surface area (Å²) in [6.45, 7) is 0. The Labute approximate surface area is 73.6 Å². The average molecular weight is 178 g/mol. The first kappa shape index (κ1) is 7.88. The van der Waals surface area contributed by atoms with Crippen molar-refractivity contribution in [2.24, 2.45) is 5.84 Å². The second kappa shape index (κ2) is 2.95. The SMILES string of the molecule is NNc1cc(F)c2cncnc2c1. The zero-order valence-electron chi connectivity index (χ0n) is 6.66. The van der Waals surface area contributed by atoms with Gasteiger partial charge in [0.1, 0.15) is 12.1 Å². The van der Waals surface area contributed by atoms with E-state index in [-0.39, 0.29) is 5.82 Å². The normalized spacial score (nSPS) is 10.3. The highest BCUT2D eigenvalue weighted by atomic mass is 19.1. The smallest absolute Gasteiger partial charge is 0.136 e. The Morgan fingerprint density at radius 2 is 2.23 bits per heavy atom. The van der Waals surface area contributed by atoms with Gasteiger partial charge < -0.3 is 5.43 Å². The van der Waals surface area contributed by atoms with E-state index in [0.29, 0.717) is 16.6 Å². The van der Waals surface area contributed by atoms with Crippen LogP contribution in [0.25, 0.3) is 10.9 Å². The molecule has 0 amide bonds. The molecule has 0 unspecified atom stereocenters. The van der Waals surface area contributed by atoms with Crippen LogP contribution in [0.2, 0.25) is 0 Å². The zero-order chi connectivity index (χ0) is 9.26. The van der Waals surface area contributed by atoms with Gasteiger partial charge in [-0.05, 0) is 12.1 Å². The summed E-state index contributed by atoms with van der Waals surface area (Å²) in [6.07, 6.45) is 2.79. The van der Waals surface area contributed by atoms with Crippen LogP contribution in [0, 0.1) is 5.82 Å². The van der Waals surface area contributed by atoms with Gasteiger partial charge in [-0.3, -0.25) is 5.84 Å². The number of anilines is 1. The van der Waals surface area contributed by atoms with Crippen molar-refractivity contribution in [3.05, 3.63) is 30.5 Å². The molecule has 1 heterocycles. The van der Waals surface area contributed by atoms with E-state index < -0.39 is 0 Å². The monoisotopic (exact) mass is 178 g/mol. The van der Waals surface area contributed by atoms with Gasteiger partial charge >= 0.3 is 0 Å². The van der Waals surface area contributed by atoms with Crippen molar-refractivity contribution in [1.29, 1.82) is 0 Å². The predicted molar refractivity (Wildman–Crippen MR) is 47.3 cm³/mol. The van der Waals surface area contributed by atoms with Crippen molar-refractivity contribution in [2.45, 2.75) is 0 Å². The quantitative estimate of drug-likeness (QED) is 0.506. The molecule has 1 aromatic carbocycles. The fourth-order valence-electron chi connectivity index (χ4n) is 1.12. The van der Waals surface area contributed by atoms with Gasteiger partial charge in [0.05, 0.1) is 16.6 Å². The van der Waals surface area contributed by atoms with Crippen LogP contribution in [0.15, 0.2) is 24.7 Å². The van der Waals surface area contributed by atoms with Gasteiger partial charge in [-0.2, -0.15) is 0 Å². The predicted octanol–water partition coefficient (Wildman–Crippen LogP) is 1.05. The number of nitrogens with two attached hydrogens (primary N) is 1. The van der Waals surface area contributed by atoms with Gasteiger partial charge in [-0.1, -0.05) is 0 Å². The number of nitrogens with one attached hydrogen (secondary N) is 1. The lowest BCUT2D eigenvalue weighted by Crippen LogP contribution is -2.07. The van der Waals surface area contributed by atoms with E-state index in [4.69, 9.17) is 5.84 Å². The number of hydrogen-bond donors (Lipinski definition) is 2. The van der Waals surface area contributed by atoms with Crippen LogP contribution in [0.3, 0.4) is 0 Å². The topological polar surface area (TPSA) is 63.8 Å². The summed E-state index contributed by atoms with van der Waals surface area (Å²) in [6, 6.07) is 2.95. The second-order valence-corrected chi connectivity index (χ2v) is 2.56. The highest BCUT2D eigenvalue weighted by molar-refractivity contribution is 5.81. The Morgan fingerprint density at radius 3 is 3.00 bits per heavy atom. The van der Waals surface area contributed by atoms with Crippen molar-refractivity contribution in [3.63, 3.8) is 0 Å². The molecule has 0 saturated heterocycles. The molecule has 0 radical (unpaired) electrons. The van der Waals surface area contributed by atoms with E-state index in [1.165, 1.54) is 18.6 Å². The van der Waals surface area contributed by atoms with Crippen molar-refractivity contribution < 1.29 is 4.39 Å². The Kier molecular flexibility index (Phi) is 1.79. The Bertz CT molecular complexity index is 443. The molecular weight excluding hydrogens is 171 g/mol. The molecule has 0 bridgehead atoms. The minimum atomic E-state index is -0.383. The van der Waals surface area contributed by atoms with E-state index in [1.807, 2.05) is 0 Å². The molecule has 0 fully saturated rings. The fourth-order valence-corrected chi connectivity index (χ4v) is 1.12. The molecule has 0 saturated carbocycles. The maximum Gasteiger partial charge on any atom is 0.136 e. The van der Waals surface area contributed by atoms with Gasteiger partial charge in [0.25, 0.3) is 0 Å². The third-order valence-electron chi connectivity index (χ3n) is 1.74. The van der Waals surface area contributed by atoms with Crippen LogP contribution < -0.4 is 11.3 Å². The summed E-state index contributed by atoms with van der Waals surface area (Å²) in [7, 11) is 0. The van der Waals surface area contributed by atoms with Gasteiger partial charge in [0, 0.05) is 6.20 Å². The fraction of sp³-hybridized carbons (Fsp3) is 0. The molecular formula is C8H7FN4. The molecule has 2 aromatic rings. The summed E-state index contributed by atoms with van der Waals surface area (Å²) in [4.78, 5) is 7.63. The second-order valence-electron chi connectivity index (χ2n) is 2.56. The maximum atomic E-state index is 13.3. The average Bonchev–Trinajstić information content (AvgIpc) is 2.18. The third kappa shape index (κ3) is 1.29. The standard InChI is InChI=1S/C8H7FN4/c9-7-1-5(13-10)2-8-6(7)3-11-4-12-8/h1-4,13H,10H2. The molecule has 0 aliphatic carbocycles. The molecule has 5 heteroatoms. The molecule has 3 N–H and O–H groups in total. The maximum absolute atomic E-state index is 13.3. The number of hydrazine groups is 1. The number of benzene rings is 1. The van der Waals surface area contributed by atoms with E-state index in [0.717, 1.165) is 0 Å². The number of aromatic nitrogens is 2. The van der Waals surface area contributed by atoms with Crippen LogP contribution in [0.1, 0.15) is 0 Å². The van der Waals surface area contributed by atoms with Crippen molar-refractivity contribution in [2.75, 3.05) is 5.43 Å². The van der Waals surface area contributed by atoms with Crippen molar-refractivity contribution in [1.82, 2.24) is 9.97 Å². The number of rotatable bonds is 1. The van der Waals surface area contributed by atoms with Crippen molar-refractivity contribution in [3.8, 4) is 0 Å². The number of fused-ring (bicyclic) bond motifs is 1. The van der Waals surface area contributed by atoms with Crippen LogP contribution in [0.5, 0.6) is 0 Å². The van der Waals surface area contributed by atoms with Crippen molar-refractivity contribution >= 4 is 16.6 Å². The Morgan fingerprint density at radius 1 is 1.38 bits per heavy atom. The Hall–Kier alpha value is -1.75. The minimum absolute atomic E-state index is 0.383. The number of halogens is 1. The van der Waals surface area contributed by atoms with E-state index in [2.05, 4.69) is 15.4 Å². The lowest BCUT2D eigenvalue weighted by molar-refractivity contribution is 0.639. The number of hydrogen-bond acceptors (Lipinski definition) is 4. The molecule has 2 rings (SSSR count). The van der Waals surface area contributed by atoms with Crippen LogP contribution in [0.4, 0.5) is 10.1 Å². The molecule has 66 valence electrons. The van der Waals surface area contributed by atoms with E-state index in [1.54, 1.807) is 6.07 Å². The molecule has 13 heavy (non-hydrogen) atoms. The number of nitrogen functional groups attached to an aromatic ring is 1. The third-order valence-corrected chi connectivity index (χ3v) is 1.74. The summed E-state index contributed by atoms with van der Waals surface area (Å²) in [5, 5.41) is 0.390. The first-order valence-electron chi connectivity index (χ1n) is 3.67. The summed E-state index contributed by atoms with van der Waals surface area (Å²) >= 11 is 0. The molecule has 4 nitrogen and oxygen atoms in total. The number of nitrogens with zero attached hydrogens (tertiary/aromatic N) is 2. The summed E-state index contributed by atoms with van der Waals surface area (Å²) in [5.41, 5.74) is 3.38. The summed E-state index contributed by atoms with van der Waals surface area (Å²) < 4.78 is 13.3. The molecule has 1 aromatic heterocycles. The van der Waals surface area contributed by atoms with Crippen LogP contribution >= 0.6 is 0 Å². The Balaban J connectivity index is 2.77. The minimum Gasteiger partial charge on any atom is -0.324 e. The molecule has 0 aliphatic rings. The molecule has 0 atom stereocenters.